The van der Waals surface area contributed by atoms with Gasteiger partial charge in [-0.25, -0.2) is 0 Å². The highest BCUT2D eigenvalue weighted by Crippen LogP contribution is 2.17. The summed E-state index contributed by atoms with van der Waals surface area (Å²) >= 11 is 0. The summed E-state index contributed by atoms with van der Waals surface area (Å²) in [5.41, 5.74) is 0. The van der Waals surface area contributed by atoms with Crippen molar-refractivity contribution in [2.75, 3.05) is 33.9 Å². The van der Waals surface area contributed by atoms with Gasteiger partial charge in [-0.05, 0) is 38.8 Å². The van der Waals surface area contributed by atoms with Gasteiger partial charge < -0.3 is 9.64 Å². The third kappa shape index (κ3) is 3.21. The van der Waals surface area contributed by atoms with Crippen LogP contribution in [-0.2, 0) is 4.74 Å². The molecule has 0 spiro atoms. The van der Waals surface area contributed by atoms with Crippen LogP contribution in [0, 0.1) is 5.92 Å². The van der Waals surface area contributed by atoms with E-state index in [1.807, 2.05) is 0 Å². The zero-order valence-corrected chi connectivity index (χ0v) is 7.68. The second-order valence-corrected chi connectivity index (χ2v) is 3.55. The SMILES string of the molecule is COCCC1CCCN(C)C1. The van der Waals surface area contributed by atoms with E-state index in [0.29, 0.717) is 0 Å². The highest BCUT2D eigenvalue weighted by molar-refractivity contribution is 4.69. The van der Waals surface area contributed by atoms with E-state index in [1.54, 1.807) is 7.11 Å². The average molecular weight is 157 g/mol. The van der Waals surface area contributed by atoms with Crippen molar-refractivity contribution in [1.29, 1.82) is 0 Å². The first kappa shape index (κ1) is 9.01. The summed E-state index contributed by atoms with van der Waals surface area (Å²) in [6.07, 6.45) is 4.00. The Labute approximate surface area is 69.5 Å². The minimum Gasteiger partial charge on any atom is -0.385 e. The summed E-state index contributed by atoms with van der Waals surface area (Å²) in [6.45, 7) is 3.48. The number of hydrogen-bond donors (Lipinski definition) is 0. The van der Waals surface area contributed by atoms with Gasteiger partial charge >= 0.3 is 0 Å². The zero-order chi connectivity index (χ0) is 8.10. The first-order valence-electron chi connectivity index (χ1n) is 4.50. The lowest BCUT2D eigenvalue weighted by atomic mass is 9.96. The van der Waals surface area contributed by atoms with Crippen molar-refractivity contribution >= 4 is 0 Å². The lowest BCUT2D eigenvalue weighted by Gasteiger charge is -2.29. The van der Waals surface area contributed by atoms with Crippen LogP contribution in [0.4, 0.5) is 0 Å². The summed E-state index contributed by atoms with van der Waals surface area (Å²) in [6, 6.07) is 0. The molecule has 1 rings (SSSR count). The van der Waals surface area contributed by atoms with Crippen LogP contribution in [0.3, 0.4) is 0 Å². The predicted octanol–water partition coefficient (Wildman–Crippen LogP) is 1.36. The van der Waals surface area contributed by atoms with Crippen LogP contribution in [0.15, 0.2) is 0 Å². The molecule has 2 nitrogen and oxygen atoms in total. The molecule has 1 saturated heterocycles. The van der Waals surface area contributed by atoms with Crippen LogP contribution in [0.1, 0.15) is 19.3 Å². The van der Waals surface area contributed by atoms with Crippen LogP contribution in [0.25, 0.3) is 0 Å². The number of rotatable bonds is 3. The van der Waals surface area contributed by atoms with Crippen LogP contribution in [-0.4, -0.2) is 38.8 Å². The van der Waals surface area contributed by atoms with Gasteiger partial charge in [0.2, 0.25) is 0 Å². The summed E-state index contributed by atoms with van der Waals surface area (Å²) in [4.78, 5) is 2.42. The van der Waals surface area contributed by atoms with Gasteiger partial charge in [0.1, 0.15) is 0 Å². The minimum absolute atomic E-state index is 0.883. The molecule has 1 aliphatic rings. The van der Waals surface area contributed by atoms with Gasteiger partial charge in [-0.15, -0.1) is 0 Å². The van der Waals surface area contributed by atoms with Crippen molar-refractivity contribution in [1.82, 2.24) is 4.90 Å². The standard InChI is InChI=1S/C9H19NO/c1-10-6-3-4-9(8-10)5-7-11-2/h9H,3-8H2,1-2H3. The van der Waals surface area contributed by atoms with Gasteiger partial charge in [-0.1, -0.05) is 0 Å². The fraction of sp³-hybridized carbons (Fsp3) is 1.00. The van der Waals surface area contributed by atoms with Crippen LogP contribution in [0.2, 0.25) is 0 Å². The van der Waals surface area contributed by atoms with Gasteiger partial charge in [0, 0.05) is 20.3 Å². The smallest absolute Gasteiger partial charge is 0.0465 e. The van der Waals surface area contributed by atoms with Crippen molar-refractivity contribution in [2.45, 2.75) is 19.3 Å². The fourth-order valence-corrected chi connectivity index (χ4v) is 1.79. The monoisotopic (exact) mass is 157 g/mol. The number of hydrogen-bond acceptors (Lipinski definition) is 2. The topological polar surface area (TPSA) is 12.5 Å². The number of piperidine rings is 1. The molecule has 1 unspecified atom stereocenters. The molecule has 0 aliphatic carbocycles. The maximum Gasteiger partial charge on any atom is 0.0465 e. The van der Waals surface area contributed by atoms with Gasteiger partial charge in [0.15, 0.2) is 0 Å². The lowest BCUT2D eigenvalue weighted by Crippen LogP contribution is -2.32. The number of methoxy groups -OCH3 is 1. The quantitative estimate of drug-likeness (QED) is 0.613. The first-order valence-corrected chi connectivity index (χ1v) is 4.50. The van der Waals surface area contributed by atoms with Crippen molar-refractivity contribution in [3.8, 4) is 0 Å². The largest absolute Gasteiger partial charge is 0.385 e. The van der Waals surface area contributed by atoms with Crippen molar-refractivity contribution in [3.63, 3.8) is 0 Å². The number of nitrogens with zero attached hydrogens (tertiary/aromatic N) is 1. The number of ether oxygens (including phenoxy) is 1. The summed E-state index contributed by atoms with van der Waals surface area (Å²) in [5.74, 6) is 0.883. The molecular weight excluding hydrogens is 138 g/mol. The van der Waals surface area contributed by atoms with Crippen molar-refractivity contribution in [3.05, 3.63) is 0 Å². The van der Waals surface area contributed by atoms with E-state index >= 15 is 0 Å². The summed E-state index contributed by atoms with van der Waals surface area (Å²) in [7, 11) is 3.99. The predicted molar refractivity (Wildman–Crippen MR) is 46.7 cm³/mol. The maximum atomic E-state index is 5.06. The normalized spacial score (nSPS) is 27.3. The molecule has 0 bridgehead atoms. The van der Waals surface area contributed by atoms with Gasteiger partial charge in [-0.2, -0.15) is 0 Å². The second-order valence-electron chi connectivity index (χ2n) is 3.55. The Morgan fingerprint density at radius 3 is 3.00 bits per heavy atom. The lowest BCUT2D eigenvalue weighted by molar-refractivity contribution is 0.140. The van der Waals surface area contributed by atoms with Crippen molar-refractivity contribution in [2.24, 2.45) is 5.92 Å². The first-order chi connectivity index (χ1) is 5.33. The number of likely N-dealkylation sites (tertiary alicyclic amines) is 1. The maximum absolute atomic E-state index is 5.06. The Hall–Kier alpha value is -0.0800. The average Bonchev–Trinajstić information content (AvgIpc) is 2.01. The van der Waals surface area contributed by atoms with Crippen molar-refractivity contribution < 1.29 is 4.74 Å². The molecule has 0 aromatic carbocycles. The van der Waals surface area contributed by atoms with E-state index in [4.69, 9.17) is 4.74 Å². The van der Waals surface area contributed by atoms with E-state index in [-0.39, 0.29) is 0 Å². The zero-order valence-electron chi connectivity index (χ0n) is 7.68. The summed E-state index contributed by atoms with van der Waals surface area (Å²) < 4.78 is 5.06. The van der Waals surface area contributed by atoms with Gasteiger partial charge in [0.25, 0.3) is 0 Å². The Kier molecular flexibility index (Phi) is 3.87. The Balaban J connectivity index is 2.12. The molecule has 1 fully saturated rings. The minimum atomic E-state index is 0.883. The van der Waals surface area contributed by atoms with Crippen LogP contribution in [0.5, 0.6) is 0 Å². The molecule has 0 amide bonds. The molecule has 2 heteroatoms. The van der Waals surface area contributed by atoms with Crippen LogP contribution >= 0.6 is 0 Å². The third-order valence-electron chi connectivity index (χ3n) is 2.45. The molecule has 0 N–H and O–H groups in total. The van der Waals surface area contributed by atoms with E-state index in [1.165, 1.54) is 32.4 Å². The molecule has 11 heavy (non-hydrogen) atoms. The molecule has 0 aromatic rings. The van der Waals surface area contributed by atoms with E-state index in [2.05, 4.69) is 11.9 Å². The molecule has 66 valence electrons. The fourth-order valence-electron chi connectivity index (χ4n) is 1.79. The Morgan fingerprint density at radius 1 is 1.55 bits per heavy atom. The molecule has 1 atom stereocenters. The van der Waals surface area contributed by atoms with E-state index in [9.17, 15) is 0 Å². The van der Waals surface area contributed by atoms with Gasteiger partial charge in [0.05, 0.1) is 0 Å². The molecule has 0 saturated carbocycles. The molecular formula is C9H19NO. The Bertz CT molecular complexity index is 106. The summed E-state index contributed by atoms with van der Waals surface area (Å²) in [5, 5.41) is 0. The highest BCUT2D eigenvalue weighted by Gasteiger charge is 2.15. The molecule has 0 aromatic heterocycles. The third-order valence-corrected chi connectivity index (χ3v) is 2.45. The molecule has 1 heterocycles. The van der Waals surface area contributed by atoms with Gasteiger partial charge in [-0.3, -0.25) is 0 Å². The molecule has 0 radical (unpaired) electrons. The second kappa shape index (κ2) is 4.73. The Morgan fingerprint density at radius 2 is 2.36 bits per heavy atom. The van der Waals surface area contributed by atoms with E-state index < -0.39 is 0 Å². The van der Waals surface area contributed by atoms with Crippen LogP contribution < -0.4 is 0 Å². The molecule has 1 aliphatic heterocycles. The highest BCUT2D eigenvalue weighted by atomic mass is 16.5. The van der Waals surface area contributed by atoms with E-state index in [0.717, 1.165) is 12.5 Å².